The number of anilines is 1. The van der Waals surface area contributed by atoms with Gasteiger partial charge in [-0.15, -0.1) is 0 Å². The molecular formula is C17H29N5O5S2. The van der Waals surface area contributed by atoms with Gasteiger partial charge in [-0.2, -0.15) is 17.0 Å². The van der Waals surface area contributed by atoms with E-state index in [-0.39, 0.29) is 17.3 Å². The number of carbonyl (C=O) groups excluding carboxylic acids is 1. The highest BCUT2D eigenvalue weighted by molar-refractivity contribution is 7.89. The lowest BCUT2D eigenvalue weighted by molar-refractivity contribution is -0.117. The second kappa shape index (κ2) is 9.06. The summed E-state index contributed by atoms with van der Waals surface area (Å²) in [4.78, 5) is 14.4. The zero-order chi connectivity index (χ0) is 22.0. The first-order valence-electron chi connectivity index (χ1n) is 9.08. The van der Waals surface area contributed by atoms with E-state index in [4.69, 9.17) is 0 Å². The Morgan fingerprint density at radius 3 is 2.10 bits per heavy atom. The molecule has 1 saturated heterocycles. The number of nitrogens with zero attached hydrogens (tertiary/aromatic N) is 4. The highest BCUT2D eigenvalue weighted by atomic mass is 32.2. The van der Waals surface area contributed by atoms with E-state index in [1.165, 1.54) is 42.9 Å². The van der Waals surface area contributed by atoms with E-state index in [9.17, 15) is 21.6 Å². The molecule has 1 aliphatic rings. The fraction of sp³-hybridized carbons (Fsp3) is 0.588. The number of carbonyl (C=O) groups is 1. The van der Waals surface area contributed by atoms with Crippen molar-refractivity contribution in [1.82, 2.24) is 17.8 Å². The Morgan fingerprint density at radius 1 is 1.00 bits per heavy atom. The van der Waals surface area contributed by atoms with Crippen molar-refractivity contribution >= 4 is 31.8 Å². The van der Waals surface area contributed by atoms with E-state index in [1.54, 1.807) is 19.1 Å². The third-order valence-corrected chi connectivity index (χ3v) is 8.61. The van der Waals surface area contributed by atoms with Crippen LogP contribution in [0.1, 0.15) is 5.56 Å². The van der Waals surface area contributed by atoms with Gasteiger partial charge in [-0.05, 0) is 24.6 Å². The Bertz CT molecular complexity index is 952. The first kappa shape index (κ1) is 23.7. The Kier molecular flexibility index (Phi) is 7.41. The molecule has 0 saturated carbocycles. The summed E-state index contributed by atoms with van der Waals surface area (Å²) in [6, 6.07) is 4.75. The molecule has 1 aromatic carbocycles. The van der Waals surface area contributed by atoms with Crippen molar-refractivity contribution in [1.29, 1.82) is 0 Å². The smallest absolute Gasteiger partial charge is 0.281 e. The maximum absolute atomic E-state index is 12.4. The molecule has 164 valence electrons. The molecule has 1 aliphatic heterocycles. The topological polar surface area (TPSA) is 110 Å². The average Bonchev–Trinajstić information content (AvgIpc) is 2.63. The molecule has 0 atom stereocenters. The van der Waals surface area contributed by atoms with Crippen LogP contribution in [0.4, 0.5) is 5.69 Å². The third kappa shape index (κ3) is 5.53. The van der Waals surface area contributed by atoms with Crippen molar-refractivity contribution in [2.24, 2.45) is 0 Å². The summed E-state index contributed by atoms with van der Waals surface area (Å²) in [7, 11) is -1.18. The minimum absolute atomic E-state index is 0.0967. The molecule has 12 heteroatoms. The maximum atomic E-state index is 12.4. The molecule has 0 spiro atoms. The molecule has 0 aromatic heterocycles. The van der Waals surface area contributed by atoms with Crippen LogP contribution < -0.4 is 5.32 Å². The van der Waals surface area contributed by atoms with Crippen LogP contribution in [0.3, 0.4) is 0 Å². The molecule has 29 heavy (non-hydrogen) atoms. The molecule has 2 rings (SSSR count). The number of aryl methyl sites for hydroxylation is 1. The maximum Gasteiger partial charge on any atom is 0.281 e. The van der Waals surface area contributed by atoms with Crippen molar-refractivity contribution in [2.45, 2.75) is 11.8 Å². The number of rotatable bonds is 7. The molecule has 10 nitrogen and oxygen atoms in total. The lowest BCUT2D eigenvalue weighted by Crippen LogP contribution is -2.52. The minimum Gasteiger partial charge on any atom is -0.325 e. The van der Waals surface area contributed by atoms with Crippen LogP contribution in [0, 0.1) is 6.92 Å². The van der Waals surface area contributed by atoms with Crippen LogP contribution in [0.2, 0.25) is 0 Å². The standard InChI is InChI=1S/C17H29N5O5S2/c1-14-6-7-15(12-16(14)28(24,25)19(2)3)18-17(23)13-21-8-10-22(11-9-21)29(26,27)20(4)5/h6-7,12H,8-11,13H2,1-5H3,(H,18,23). The number of benzene rings is 1. The largest absolute Gasteiger partial charge is 0.325 e. The van der Waals surface area contributed by atoms with Crippen LogP contribution in [0.5, 0.6) is 0 Å². The van der Waals surface area contributed by atoms with Gasteiger partial charge in [-0.1, -0.05) is 6.07 Å². The first-order chi connectivity index (χ1) is 13.4. The van der Waals surface area contributed by atoms with Crippen LogP contribution >= 0.6 is 0 Å². The lowest BCUT2D eigenvalue weighted by atomic mass is 10.2. The highest BCUT2D eigenvalue weighted by Gasteiger charge is 2.29. The number of nitrogens with one attached hydrogen (secondary N) is 1. The van der Waals surface area contributed by atoms with E-state index in [1.807, 2.05) is 4.90 Å². The van der Waals surface area contributed by atoms with E-state index in [0.29, 0.717) is 37.4 Å². The van der Waals surface area contributed by atoms with Crippen LogP contribution in [0.15, 0.2) is 23.1 Å². The molecule has 1 fully saturated rings. The fourth-order valence-electron chi connectivity index (χ4n) is 2.91. The summed E-state index contributed by atoms with van der Waals surface area (Å²) in [5, 5.41) is 2.72. The van der Waals surface area contributed by atoms with Crippen molar-refractivity contribution in [3.05, 3.63) is 23.8 Å². The third-order valence-electron chi connectivity index (χ3n) is 4.72. The molecule has 1 amide bonds. The van der Waals surface area contributed by atoms with Gasteiger partial charge < -0.3 is 5.32 Å². The SMILES string of the molecule is Cc1ccc(NC(=O)CN2CCN(S(=O)(=O)N(C)C)CC2)cc1S(=O)(=O)N(C)C. The number of amides is 1. The molecule has 1 N–H and O–H groups in total. The predicted molar refractivity (Wildman–Crippen MR) is 111 cm³/mol. The van der Waals surface area contributed by atoms with Gasteiger partial charge in [0, 0.05) is 60.1 Å². The van der Waals surface area contributed by atoms with Crippen molar-refractivity contribution in [3.63, 3.8) is 0 Å². The van der Waals surface area contributed by atoms with Gasteiger partial charge in [0.15, 0.2) is 0 Å². The second-order valence-corrected chi connectivity index (χ2v) is 11.5. The molecule has 0 bridgehead atoms. The van der Waals surface area contributed by atoms with Crippen LogP contribution in [-0.2, 0) is 25.0 Å². The molecule has 1 heterocycles. The molecule has 0 aliphatic carbocycles. The van der Waals surface area contributed by atoms with Crippen LogP contribution in [0.25, 0.3) is 0 Å². The summed E-state index contributed by atoms with van der Waals surface area (Å²) in [5.41, 5.74) is 0.991. The van der Waals surface area contributed by atoms with Gasteiger partial charge in [0.2, 0.25) is 15.9 Å². The highest BCUT2D eigenvalue weighted by Crippen LogP contribution is 2.22. The summed E-state index contributed by atoms with van der Waals surface area (Å²) in [5.74, 6) is -0.286. The predicted octanol–water partition coefficient (Wildman–Crippen LogP) is -0.392. The van der Waals surface area contributed by atoms with Gasteiger partial charge in [0.1, 0.15) is 0 Å². The summed E-state index contributed by atoms with van der Waals surface area (Å²) in [6.45, 7) is 3.29. The van der Waals surface area contributed by atoms with Gasteiger partial charge in [0.25, 0.3) is 10.2 Å². The zero-order valence-corrected chi connectivity index (χ0v) is 19.0. The fourth-order valence-corrected chi connectivity index (χ4v) is 5.14. The van der Waals surface area contributed by atoms with Gasteiger partial charge in [0.05, 0.1) is 11.4 Å². The van der Waals surface area contributed by atoms with E-state index in [2.05, 4.69) is 5.32 Å². The summed E-state index contributed by atoms with van der Waals surface area (Å²) in [6.07, 6.45) is 0. The monoisotopic (exact) mass is 447 g/mol. The number of hydrogen-bond donors (Lipinski definition) is 1. The quantitative estimate of drug-likeness (QED) is 0.609. The molecular weight excluding hydrogens is 418 g/mol. The first-order valence-corrected chi connectivity index (χ1v) is 11.9. The molecule has 0 radical (unpaired) electrons. The number of piperazine rings is 1. The Morgan fingerprint density at radius 2 is 1.59 bits per heavy atom. The van der Waals surface area contributed by atoms with Crippen LogP contribution in [-0.4, -0.2) is 101 Å². The Hall–Kier alpha value is -1.57. The van der Waals surface area contributed by atoms with Gasteiger partial charge in [-0.25, -0.2) is 12.7 Å². The van der Waals surface area contributed by atoms with Gasteiger partial charge in [-0.3, -0.25) is 9.69 Å². The van der Waals surface area contributed by atoms with E-state index >= 15 is 0 Å². The lowest BCUT2D eigenvalue weighted by Gasteiger charge is -2.34. The number of hydrogen-bond acceptors (Lipinski definition) is 6. The minimum atomic E-state index is -3.62. The summed E-state index contributed by atoms with van der Waals surface area (Å²) < 4.78 is 52.8. The molecule has 0 unspecified atom stereocenters. The Balaban J connectivity index is 1.99. The number of sulfonamides is 1. The Labute approximate surface area is 173 Å². The van der Waals surface area contributed by atoms with Crippen molar-refractivity contribution < 1.29 is 21.6 Å². The van der Waals surface area contributed by atoms with E-state index < -0.39 is 20.2 Å². The summed E-state index contributed by atoms with van der Waals surface area (Å²) >= 11 is 0. The normalized spacial score (nSPS) is 17.1. The second-order valence-electron chi connectivity index (χ2n) is 7.28. The average molecular weight is 448 g/mol. The van der Waals surface area contributed by atoms with E-state index in [0.717, 1.165) is 4.31 Å². The van der Waals surface area contributed by atoms with Crippen molar-refractivity contribution in [3.8, 4) is 0 Å². The van der Waals surface area contributed by atoms with Gasteiger partial charge >= 0.3 is 0 Å². The van der Waals surface area contributed by atoms with Crippen molar-refractivity contribution in [2.75, 3.05) is 66.2 Å². The zero-order valence-electron chi connectivity index (χ0n) is 17.4. The molecule has 1 aromatic rings.